The van der Waals surface area contributed by atoms with Gasteiger partial charge in [-0.25, -0.2) is 9.07 Å². The summed E-state index contributed by atoms with van der Waals surface area (Å²) in [5.74, 6) is 0.918. The van der Waals surface area contributed by atoms with Crippen LogP contribution in [0.15, 0.2) is 48.7 Å². The SMILES string of the molecule is CCc1nn(-c2ccc(F)cc2)c(N2CCN(CC)CC2)c1CN(CC)Cc1ccccn1. The Bertz CT molecular complexity index is 1010. The number of nitrogens with zero attached hydrogens (tertiary/aromatic N) is 6. The molecule has 6 nitrogen and oxygen atoms in total. The summed E-state index contributed by atoms with van der Waals surface area (Å²) in [6.45, 7) is 14.2. The van der Waals surface area contributed by atoms with Crippen molar-refractivity contribution in [2.75, 3.05) is 44.2 Å². The van der Waals surface area contributed by atoms with E-state index < -0.39 is 0 Å². The molecular formula is C26H35FN6. The molecule has 0 N–H and O–H groups in total. The lowest BCUT2D eigenvalue weighted by molar-refractivity contribution is 0.262. The molecule has 1 saturated heterocycles. The molecule has 1 aliphatic heterocycles. The van der Waals surface area contributed by atoms with Crippen LogP contribution >= 0.6 is 0 Å². The fourth-order valence-corrected chi connectivity index (χ4v) is 4.52. The average Bonchev–Trinajstić information content (AvgIpc) is 3.22. The summed E-state index contributed by atoms with van der Waals surface area (Å²) in [5.41, 5.74) is 4.34. The number of anilines is 1. The molecule has 1 fully saturated rings. The summed E-state index contributed by atoms with van der Waals surface area (Å²) in [6, 6.07) is 12.7. The van der Waals surface area contributed by atoms with E-state index in [1.807, 2.05) is 35.1 Å². The van der Waals surface area contributed by atoms with E-state index in [9.17, 15) is 4.39 Å². The highest BCUT2D eigenvalue weighted by Gasteiger charge is 2.27. The van der Waals surface area contributed by atoms with Crippen molar-refractivity contribution >= 4 is 5.82 Å². The molecule has 2 aromatic heterocycles. The van der Waals surface area contributed by atoms with Crippen LogP contribution in [0.5, 0.6) is 0 Å². The average molecular weight is 451 g/mol. The highest BCUT2D eigenvalue weighted by Crippen LogP contribution is 2.30. The van der Waals surface area contributed by atoms with Crippen molar-refractivity contribution in [3.63, 3.8) is 0 Å². The fourth-order valence-electron chi connectivity index (χ4n) is 4.52. The number of aromatic nitrogens is 3. The van der Waals surface area contributed by atoms with Crippen LogP contribution < -0.4 is 4.90 Å². The van der Waals surface area contributed by atoms with Crippen LogP contribution in [0, 0.1) is 5.82 Å². The number of benzene rings is 1. The lowest BCUT2D eigenvalue weighted by Crippen LogP contribution is -2.47. The minimum absolute atomic E-state index is 0.229. The Morgan fingerprint density at radius 3 is 2.30 bits per heavy atom. The van der Waals surface area contributed by atoms with Crippen molar-refractivity contribution < 1.29 is 4.39 Å². The molecule has 7 heteroatoms. The third-order valence-electron chi connectivity index (χ3n) is 6.51. The van der Waals surface area contributed by atoms with Crippen molar-refractivity contribution in [3.8, 4) is 5.69 Å². The molecule has 176 valence electrons. The summed E-state index contributed by atoms with van der Waals surface area (Å²) in [6.07, 6.45) is 2.71. The second-order valence-electron chi connectivity index (χ2n) is 8.54. The van der Waals surface area contributed by atoms with Crippen LogP contribution in [0.1, 0.15) is 37.7 Å². The largest absolute Gasteiger partial charge is 0.354 e. The summed E-state index contributed by atoms with van der Waals surface area (Å²) in [5, 5.41) is 5.03. The van der Waals surface area contributed by atoms with Crippen molar-refractivity contribution in [3.05, 3.63) is 71.4 Å². The number of piperazine rings is 1. The molecule has 0 atom stereocenters. The van der Waals surface area contributed by atoms with Gasteiger partial charge in [0.1, 0.15) is 11.6 Å². The molecule has 1 aliphatic rings. The molecular weight excluding hydrogens is 415 g/mol. The van der Waals surface area contributed by atoms with E-state index in [0.717, 1.165) is 81.7 Å². The fraction of sp³-hybridized carbons (Fsp3) is 0.462. The first-order valence-electron chi connectivity index (χ1n) is 12.1. The van der Waals surface area contributed by atoms with Gasteiger partial charge in [-0.15, -0.1) is 0 Å². The van der Waals surface area contributed by atoms with E-state index in [4.69, 9.17) is 5.10 Å². The normalized spacial score (nSPS) is 14.9. The number of hydrogen-bond acceptors (Lipinski definition) is 5. The number of likely N-dealkylation sites (N-methyl/N-ethyl adjacent to an activating group) is 1. The van der Waals surface area contributed by atoms with E-state index in [0.29, 0.717) is 0 Å². The molecule has 0 amide bonds. The number of halogens is 1. The number of hydrogen-bond donors (Lipinski definition) is 0. The Hall–Kier alpha value is -2.77. The standard InChI is InChI=1S/C26H35FN6/c1-4-25-24(20-31(6-3)19-22-9-7-8-14-28-22)26(32-17-15-30(5-2)16-18-32)33(29-25)23-12-10-21(27)11-13-23/h7-14H,4-6,15-20H2,1-3H3. The first kappa shape index (κ1) is 23.4. The van der Waals surface area contributed by atoms with Gasteiger partial charge < -0.3 is 9.80 Å². The summed E-state index contributed by atoms with van der Waals surface area (Å²) in [7, 11) is 0. The zero-order valence-electron chi connectivity index (χ0n) is 20.0. The Morgan fingerprint density at radius 2 is 1.70 bits per heavy atom. The smallest absolute Gasteiger partial charge is 0.137 e. The molecule has 1 aromatic carbocycles. The Kier molecular flexibility index (Phi) is 7.73. The quantitative estimate of drug-likeness (QED) is 0.490. The first-order chi connectivity index (χ1) is 16.1. The zero-order chi connectivity index (χ0) is 23.2. The van der Waals surface area contributed by atoms with Crippen LogP contribution in [-0.4, -0.2) is 63.8 Å². The van der Waals surface area contributed by atoms with Gasteiger partial charge in [0.25, 0.3) is 0 Å². The molecule has 0 saturated carbocycles. The van der Waals surface area contributed by atoms with Crippen LogP contribution in [0.2, 0.25) is 0 Å². The van der Waals surface area contributed by atoms with Crippen molar-refractivity contribution in [2.45, 2.75) is 40.3 Å². The van der Waals surface area contributed by atoms with E-state index in [-0.39, 0.29) is 5.82 Å². The molecule has 33 heavy (non-hydrogen) atoms. The highest BCUT2D eigenvalue weighted by molar-refractivity contribution is 5.56. The number of pyridine rings is 1. The summed E-state index contributed by atoms with van der Waals surface area (Å²) in [4.78, 5) is 11.9. The van der Waals surface area contributed by atoms with E-state index in [1.165, 1.54) is 17.7 Å². The summed E-state index contributed by atoms with van der Waals surface area (Å²) < 4.78 is 15.7. The Morgan fingerprint density at radius 1 is 0.939 bits per heavy atom. The molecule has 0 bridgehead atoms. The monoisotopic (exact) mass is 450 g/mol. The molecule has 4 rings (SSSR count). The highest BCUT2D eigenvalue weighted by atomic mass is 19.1. The Labute approximate surface area is 196 Å². The minimum Gasteiger partial charge on any atom is -0.354 e. The molecule has 0 aliphatic carbocycles. The first-order valence-corrected chi connectivity index (χ1v) is 12.1. The zero-order valence-corrected chi connectivity index (χ0v) is 20.0. The van der Waals surface area contributed by atoms with Gasteiger partial charge in [0.05, 0.1) is 17.1 Å². The lowest BCUT2D eigenvalue weighted by atomic mass is 10.1. The van der Waals surface area contributed by atoms with E-state index in [1.54, 1.807) is 0 Å². The molecule has 0 spiro atoms. The summed E-state index contributed by atoms with van der Waals surface area (Å²) >= 11 is 0. The second kappa shape index (κ2) is 10.9. The van der Waals surface area contributed by atoms with Crippen LogP contribution in [0.3, 0.4) is 0 Å². The van der Waals surface area contributed by atoms with Gasteiger partial charge in [-0.2, -0.15) is 5.10 Å². The van der Waals surface area contributed by atoms with Crippen LogP contribution in [-0.2, 0) is 19.5 Å². The second-order valence-corrected chi connectivity index (χ2v) is 8.54. The lowest BCUT2D eigenvalue weighted by Gasteiger charge is -2.36. The minimum atomic E-state index is -0.229. The molecule has 3 aromatic rings. The van der Waals surface area contributed by atoms with Crippen molar-refractivity contribution in [2.24, 2.45) is 0 Å². The van der Waals surface area contributed by atoms with E-state index in [2.05, 4.69) is 46.5 Å². The van der Waals surface area contributed by atoms with Crippen molar-refractivity contribution in [1.82, 2.24) is 24.6 Å². The topological polar surface area (TPSA) is 40.4 Å². The molecule has 3 heterocycles. The van der Waals surface area contributed by atoms with Gasteiger partial charge >= 0.3 is 0 Å². The van der Waals surface area contributed by atoms with Gasteiger partial charge in [0, 0.05) is 51.0 Å². The molecule has 0 unspecified atom stereocenters. The number of rotatable bonds is 9. The van der Waals surface area contributed by atoms with E-state index >= 15 is 0 Å². The van der Waals surface area contributed by atoms with Gasteiger partial charge in [0.2, 0.25) is 0 Å². The molecule has 0 radical (unpaired) electrons. The third kappa shape index (κ3) is 5.42. The maximum Gasteiger partial charge on any atom is 0.137 e. The van der Waals surface area contributed by atoms with Crippen LogP contribution in [0.25, 0.3) is 5.69 Å². The van der Waals surface area contributed by atoms with Crippen LogP contribution in [0.4, 0.5) is 10.2 Å². The van der Waals surface area contributed by atoms with Gasteiger partial charge in [-0.3, -0.25) is 9.88 Å². The van der Waals surface area contributed by atoms with Gasteiger partial charge in [0.15, 0.2) is 0 Å². The van der Waals surface area contributed by atoms with Gasteiger partial charge in [-0.1, -0.05) is 26.8 Å². The van der Waals surface area contributed by atoms with Crippen molar-refractivity contribution in [1.29, 1.82) is 0 Å². The maximum absolute atomic E-state index is 13.7. The Balaban J connectivity index is 1.71. The maximum atomic E-state index is 13.7. The predicted molar refractivity (Wildman–Crippen MR) is 131 cm³/mol. The number of aryl methyl sites for hydroxylation is 1. The third-order valence-corrected chi connectivity index (χ3v) is 6.51. The van der Waals surface area contributed by atoms with Gasteiger partial charge in [-0.05, 0) is 55.9 Å². The predicted octanol–water partition coefficient (Wildman–Crippen LogP) is 4.13.